The van der Waals surface area contributed by atoms with E-state index in [1.165, 1.54) is 24.0 Å². The van der Waals surface area contributed by atoms with Gasteiger partial charge in [0, 0.05) is 0 Å². The van der Waals surface area contributed by atoms with Crippen LogP contribution < -0.4 is 10.3 Å². The van der Waals surface area contributed by atoms with Gasteiger partial charge in [-0.05, 0) is 51.2 Å². The quantitative estimate of drug-likeness (QED) is 0.841. The molecule has 2 N–H and O–H groups in total. The number of carbonyl (C=O) groups is 1. The zero-order chi connectivity index (χ0) is 14.1. The first-order valence-electron chi connectivity index (χ1n) is 7.42. The first kappa shape index (κ1) is 13.2. The van der Waals surface area contributed by atoms with Crippen LogP contribution in [0.1, 0.15) is 36.8 Å². The maximum Gasteiger partial charge on any atom is 0.358 e. The Hall–Kier alpha value is -1.84. The van der Waals surface area contributed by atoms with E-state index < -0.39 is 0 Å². The van der Waals surface area contributed by atoms with Crippen molar-refractivity contribution < 1.29 is 9.79 Å². The molecule has 1 aromatic carbocycles. The highest BCUT2D eigenvalue weighted by atomic mass is 16.2. The fraction of sp³-hybridized carbons (Fsp3) is 0.500. The van der Waals surface area contributed by atoms with E-state index in [1.54, 1.807) is 0 Å². The summed E-state index contributed by atoms with van der Waals surface area (Å²) >= 11 is 0. The summed E-state index contributed by atoms with van der Waals surface area (Å²) in [5, 5.41) is 3.40. The monoisotopic (exact) mass is 272 g/mol. The van der Waals surface area contributed by atoms with Crippen molar-refractivity contribution in [2.75, 3.05) is 11.9 Å². The molecule has 0 atom stereocenters. The van der Waals surface area contributed by atoms with E-state index in [-0.39, 0.29) is 5.91 Å². The van der Waals surface area contributed by atoms with Crippen LogP contribution in [0.4, 0.5) is 5.69 Å². The van der Waals surface area contributed by atoms with Gasteiger partial charge in [0.2, 0.25) is 0 Å². The van der Waals surface area contributed by atoms with Crippen LogP contribution in [0.15, 0.2) is 18.2 Å². The Morgan fingerprint density at radius 2 is 2.00 bits per heavy atom. The van der Waals surface area contributed by atoms with Crippen LogP contribution in [0, 0.1) is 13.8 Å². The molecule has 3 rings (SSSR count). The van der Waals surface area contributed by atoms with E-state index >= 15 is 0 Å². The van der Waals surface area contributed by atoms with Gasteiger partial charge >= 0.3 is 11.9 Å². The molecule has 20 heavy (non-hydrogen) atoms. The summed E-state index contributed by atoms with van der Waals surface area (Å²) in [6, 6.07) is 6.69. The highest BCUT2D eigenvalue weighted by Crippen LogP contribution is 2.25. The Kier molecular flexibility index (Phi) is 3.47. The Morgan fingerprint density at radius 3 is 2.70 bits per heavy atom. The van der Waals surface area contributed by atoms with Gasteiger partial charge in [0.15, 0.2) is 6.54 Å². The van der Waals surface area contributed by atoms with Gasteiger partial charge in [-0.2, -0.15) is 4.90 Å². The molecule has 2 aliphatic rings. The number of rotatable bonds is 2. The van der Waals surface area contributed by atoms with Gasteiger partial charge in [0.05, 0.1) is 6.04 Å². The Labute approximate surface area is 119 Å². The highest BCUT2D eigenvalue weighted by molar-refractivity contribution is 6.04. The van der Waals surface area contributed by atoms with Crippen LogP contribution in [0.5, 0.6) is 0 Å². The lowest BCUT2D eigenvalue weighted by molar-refractivity contribution is -0.438. The Morgan fingerprint density at radius 1 is 1.25 bits per heavy atom. The zero-order valence-electron chi connectivity index (χ0n) is 12.2. The summed E-state index contributed by atoms with van der Waals surface area (Å²) in [6.07, 6.45) is 4.69. The van der Waals surface area contributed by atoms with E-state index in [9.17, 15) is 4.79 Å². The van der Waals surface area contributed by atoms with Crippen molar-refractivity contribution in [1.29, 1.82) is 0 Å². The van der Waals surface area contributed by atoms with E-state index in [4.69, 9.17) is 0 Å². The molecule has 0 aromatic heterocycles. The largest absolute Gasteiger partial charge is 0.358 e. The number of benzene rings is 1. The third kappa shape index (κ3) is 2.42. The molecule has 0 spiro atoms. The topological polar surface area (TPSA) is 46.3 Å². The Bertz CT molecular complexity index is 559. The third-order valence-electron chi connectivity index (χ3n) is 4.24. The summed E-state index contributed by atoms with van der Waals surface area (Å²) in [6.45, 7) is 4.59. The lowest BCUT2D eigenvalue weighted by atomic mass is 10.1. The van der Waals surface area contributed by atoms with Gasteiger partial charge < -0.3 is 0 Å². The van der Waals surface area contributed by atoms with E-state index in [0.717, 1.165) is 24.5 Å². The maximum absolute atomic E-state index is 12.1. The van der Waals surface area contributed by atoms with Crippen molar-refractivity contribution in [2.24, 2.45) is 0 Å². The normalized spacial score (nSPS) is 19.6. The fourth-order valence-electron chi connectivity index (χ4n) is 3.19. The number of guanidine groups is 1. The van der Waals surface area contributed by atoms with Crippen LogP contribution in [-0.4, -0.2) is 29.4 Å². The molecule has 1 saturated carbocycles. The van der Waals surface area contributed by atoms with Crippen molar-refractivity contribution >= 4 is 17.6 Å². The zero-order valence-corrected chi connectivity index (χ0v) is 12.2. The second kappa shape index (κ2) is 5.27. The van der Waals surface area contributed by atoms with Crippen LogP contribution in [0.2, 0.25) is 0 Å². The number of carbonyl (C=O) groups excluding carboxylic acids is 1. The molecule has 4 heteroatoms. The first-order chi connectivity index (χ1) is 9.65. The van der Waals surface area contributed by atoms with Crippen LogP contribution in [0.3, 0.4) is 0 Å². The second-order valence-corrected chi connectivity index (χ2v) is 5.85. The average molecular weight is 272 g/mol. The van der Waals surface area contributed by atoms with Gasteiger partial charge in [-0.1, -0.05) is 17.7 Å². The van der Waals surface area contributed by atoms with Gasteiger partial charge in [-0.25, -0.2) is 5.32 Å². The number of nitrogens with zero attached hydrogens (tertiary/aromatic N) is 1. The van der Waals surface area contributed by atoms with Crippen molar-refractivity contribution in [3.05, 3.63) is 29.3 Å². The van der Waals surface area contributed by atoms with Crippen molar-refractivity contribution in [2.45, 2.75) is 45.6 Å². The first-order valence-corrected chi connectivity index (χ1v) is 7.42. The number of aryl methyl sites for hydroxylation is 2. The molecule has 0 radical (unpaired) electrons. The summed E-state index contributed by atoms with van der Waals surface area (Å²) in [5.74, 6) is 1.04. The van der Waals surface area contributed by atoms with Crippen molar-refractivity contribution in [3.8, 4) is 0 Å². The molecule has 1 aliphatic carbocycles. The molecule has 1 fully saturated rings. The molecule has 106 valence electrons. The molecular formula is C16H22N3O+. The molecule has 1 aliphatic heterocycles. The van der Waals surface area contributed by atoms with Gasteiger partial charge in [-0.3, -0.25) is 9.79 Å². The lowest BCUT2D eigenvalue weighted by Gasteiger charge is -2.19. The van der Waals surface area contributed by atoms with Crippen LogP contribution >= 0.6 is 0 Å². The third-order valence-corrected chi connectivity index (χ3v) is 4.24. The van der Waals surface area contributed by atoms with E-state index in [2.05, 4.69) is 42.4 Å². The molecule has 0 unspecified atom stereocenters. The predicted molar refractivity (Wildman–Crippen MR) is 79.5 cm³/mol. The van der Waals surface area contributed by atoms with Crippen molar-refractivity contribution in [1.82, 2.24) is 4.90 Å². The standard InChI is InChI=1S/C16H21N3O/c1-11-7-8-14(12(2)9-11)18-16-17-10-15(20)19(16)13-5-3-4-6-13/h7-9,13H,3-6,10H2,1-2H3,(H,17,18)/p+1. The number of hydrogen-bond acceptors (Lipinski definition) is 2. The van der Waals surface area contributed by atoms with E-state index in [0.29, 0.717) is 12.6 Å². The summed E-state index contributed by atoms with van der Waals surface area (Å²) in [5.41, 5.74) is 3.52. The SMILES string of the molecule is Cc1ccc(NC2=[NH+]CC(=O)N2C2CCCC2)c(C)c1. The van der Waals surface area contributed by atoms with Crippen LogP contribution in [-0.2, 0) is 4.79 Å². The second-order valence-electron chi connectivity index (χ2n) is 5.85. The number of hydrogen-bond donors (Lipinski definition) is 2. The smallest absolute Gasteiger partial charge is 0.266 e. The van der Waals surface area contributed by atoms with Crippen molar-refractivity contribution in [3.63, 3.8) is 0 Å². The highest BCUT2D eigenvalue weighted by Gasteiger charge is 2.40. The van der Waals surface area contributed by atoms with Gasteiger partial charge in [0.1, 0.15) is 5.69 Å². The molecule has 1 aromatic rings. The molecule has 0 saturated heterocycles. The summed E-state index contributed by atoms with van der Waals surface area (Å²) in [7, 11) is 0. The minimum atomic E-state index is 0.184. The summed E-state index contributed by atoms with van der Waals surface area (Å²) < 4.78 is 0. The molecular weight excluding hydrogens is 250 g/mol. The minimum Gasteiger partial charge on any atom is -0.266 e. The van der Waals surface area contributed by atoms with Crippen LogP contribution in [0.25, 0.3) is 0 Å². The minimum absolute atomic E-state index is 0.184. The van der Waals surface area contributed by atoms with Gasteiger partial charge in [-0.15, -0.1) is 0 Å². The molecule has 0 bridgehead atoms. The number of anilines is 1. The molecule has 1 amide bonds. The maximum atomic E-state index is 12.1. The summed E-state index contributed by atoms with van der Waals surface area (Å²) in [4.78, 5) is 17.2. The average Bonchev–Trinajstić information content (AvgIpc) is 3.02. The Balaban J connectivity index is 1.80. The lowest BCUT2D eigenvalue weighted by Crippen LogP contribution is -2.73. The number of amides is 1. The van der Waals surface area contributed by atoms with E-state index in [1.807, 2.05) is 4.90 Å². The number of nitrogens with one attached hydrogen (secondary N) is 2. The molecule has 4 nitrogen and oxygen atoms in total. The van der Waals surface area contributed by atoms with Gasteiger partial charge in [0.25, 0.3) is 0 Å². The fourth-order valence-corrected chi connectivity index (χ4v) is 3.19. The predicted octanol–water partition coefficient (Wildman–Crippen LogP) is 0.937. The molecule has 1 heterocycles.